The molecular weight excluding hydrogens is 320 g/mol. The number of halogens is 1. The zero-order valence-electron chi connectivity index (χ0n) is 10.7. The molecule has 3 rings (SSSR count). The fraction of sp³-hybridized carbons (Fsp3) is 0.0667. The van der Waals surface area contributed by atoms with Crippen molar-refractivity contribution in [1.29, 1.82) is 0 Å². The minimum absolute atomic E-state index is 0.242. The molecule has 4 nitrogen and oxygen atoms in total. The van der Waals surface area contributed by atoms with Crippen LogP contribution in [0.25, 0.3) is 16.7 Å². The van der Waals surface area contributed by atoms with Crippen LogP contribution in [0, 0.1) is 6.92 Å². The monoisotopic (exact) mass is 330 g/mol. The SMILES string of the molecule is Cc1ccc(Br)c(-n2cnc3cc(C(=O)O)ccc32)c1. The molecule has 0 aliphatic carbocycles. The Hall–Kier alpha value is -2.14. The zero-order chi connectivity index (χ0) is 14.3. The van der Waals surface area contributed by atoms with Gasteiger partial charge in [0.2, 0.25) is 0 Å². The number of aromatic nitrogens is 2. The highest BCUT2D eigenvalue weighted by molar-refractivity contribution is 9.10. The van der Waals surface area contributed by atoms with Crippen molar-refractivity contribution in [3.8, 4) is 5.69 Å². The molecule has 1 heterocycles. The standard InChI is InChI=1S/C15H11BrN2O2/c1-9-2-4-11(16)14(6-9)18-8-17-12-7-10(15(19)20)3-5-13(12)18/h2-8H,1H3,(H,19,20). The molecule has 1 aromatic heterocycles. The lowest BCUT2D eigenvalue weighted by atomic mass is 10.2. The van der Waals surface area contributed by atoms with Gasteiger partial charge in [-0.05, 0) is 58.7 Å². The molecule has 0 aliphatic rings. The molecule has 0 saturated carbocycles. The van der Waals surface area contributed by atoms with Gasteiger partial charge in [-0.2, -0.15) is 0 Å². The second-order valence-electron chi connectivity index (χ2n) is 4.58. The first-order valence-corrected chi connectivity index (χ1v) is 6.82. The Morgan fingerprint density at radius 1 is 1.25 bits per heavy atom. The van der Waals surface area contributed by atoms with Gasteiger partial charge < -0.3 is 5.11 Å². The molecule has 20 heavy (non-hydrogen) atoms. The van der Waals surface area contributed by atoms with Gasteiger partial charge in [-0.1, -0.05) is 6.07 Å². The van der Waals surface area contributed by atoms with Crippen molar-refractivity contribution in [2.75, 3.05) is 0 Å². The maximum atomic E-state index is 11.0. The van der Waals surface area contributed by atoms with Crippen LogP contribution in [0.15, 0.2) is 47.2 Å². The van der Waals surface area contributed by atoms with Gasteiger partial charge in [0.1, 0.15) is 6.33 Å². The Kier molecular flexibility index (Phi) is 3.06. The molecule has 100 valence electrons. The smallest absolute Gasteiger partial charge is 0.335 e. The Bertz CT molecular complexity index is 824. The normalized spacial score (nSPS) is 10.9. The molecule has 0 fully saturated rings. The number of aromatic carboxylic acids is 1. The van der Waals surface area contributed by atoms with Crippen molar-refractivity contribution in [3.63, 3.8) is 0 Å². The zero-order valence-corrected chi connectivity index (χ0v) is 12.3. The number of rotatable bonds is 2. The highest BCUT2D eigenvalue weighted by atomic mass is 79.9. The van der Waals surface area contributed by atoms with E-state index in [0.29, 0.717) is 5.52 Å². The first-order valence-electron chi connectivity index (χ1n) is 6.03. The van der Waals surface area contributed by atoms with Crippen LogP contribution in [-0.2, 0) is 0 Å². The largest absolute Gasteiger partial charge is 0.478 e. The van der Waals surface area contributed by atoms with Gasteiger partial charge in [-0.15, -0.1) is 0 Å². The summed E-state index contributed by atoms with van der Waals surface area (Å²) in [7, 11) is 0. The number of carboxylic acids is 1. The van der Waals surface area contributed by atoms with Crippen LogP contribution in [-0.4, -0.2) is 20.6 Å². The third-order valence-corrected chi connectivity index (χ3v) is 3.83. The Morgan fingerprint density at radius 3 is 2.80 bits per heavy atom. The van der Waals surface area contributed by atoms with E-state index in [4.69, 9.17) is 5.11 Å². The van der Waals surface area contributed by atoms with Crippen LogP contribution >= 0.6 is 15.9 Å². The van der Waals surface area contributed by atoms with E-state index in [2.05, 4.69) is 27.0 Å². The summed E-state index contributed by atoms with van der Waals surface area (Å²) in [4.78, 5) is 15.3. The summed E-state index contributed by atoms with van der Waals surface area (Å²) in [5.74, 6) is -0.946. The number of fused-ring (bicyclic) bond motifs is 1. The number of hydrogen-bond acceptors (Lipinski definition) is 2. The molecule has 0 radical (unpaired) electrons. The third kappa shape index (κ3) is 2.10. The predicted molar refractivity (Wildman–Crippen MR) is 80.5 cm³/mol. The molecule has 0 saturated heterocycles. The Morgan fingerprint density at radius 2 is 2.05 bits per heavy atom. The fourth-order valence-electron chi connectivity index (χ4n) is 2.14. The highest BCUT2D eigenvalue weighted by Gasteiger charge is 2.10. The van der Waals surface area contributed by atoms with Crippen LogP contribution in [0.5, 0.6) is 0 Å². The first-order chi connectivity index (χ1) is 9.56. The average Bonchev–Trinajstić information content (AvgIpc) is 2.84. The van der Waals surface area contributed by atoms with Crippen molar-refractivity contribution < 1.29 is 9.90 Å². The molecule has 0 spiro atoms. The minimum atomic E-state index is -0.946. The van der Waals surface area contributed by atoms with E-state index in [9.17, 15) is 4.79 Å². The molecule has 3 aromatic rings. The van der Waals surface area contributed by atoms with Crippen molar-refractivity contribution in [1.82, 2.24) is 9.55 Å². The van der Waals surface area contributed by atoms with E-state index in [1.165, 1.54) is 0 Å². The van der Waals surface area contributed by atoms with Gasteiger partial charge in [-0.25, -0.2) is 9.78 Å². The first kappa shape index (κ1) is 12.9. The van der Waals surface area contributed by atoms with Crippen LogP contribution < -0.4 is 0 Å². The van der Waals surface area contributed by atoms with Gasteiger partial charge >= 0.3 is 5.97 Å². The summed E-state index contributed by atoms with van der Waals surface area (Å²) in [5, 5.41) is 9.01. The van der Waals surface area contributed by atoms with Crippen molar-refractivity contribution in [3.05, 3.63) is 58.3 Å². The maximum absolute atomic E-state index is 11.0. The van der Waals surface area contributed by atoms with Crippen LogP contribution in [0.4, 0.5) is 0 Å². The Labute approximate surface area is 123 Å². The van der Waals surface area contributed by atoms with E-state index in [-0.39, 0.29) is 5.56 Å². The second-order valence-corrected chi connectivity index (χ2v) is 5.43. The lowest BCUT2D eigenvalue weighted by Crippen LogP contribution is -1.97. The average molecular weight is 331 g/mol. The maximum Gasteiger partial charge on any atom is 0.335 e. The quantitative estimate of drug-likeness (QED) is 0.777. The molecule has 0 unspecified atom stereocenters. The molecule has 0 atom stereocenters. The van der Waals surface area contributed by atoms with Gasteiger partial charge in [0.05, 0.1) is 22.3 Å². The summed E-state index contributed by atoms with van der Waals surface area (Å²) < 4.78 is 2.91. The summed E-state index contributed by atoms with van der Waals surface area (Å²) >= 11 is 3.53. The Balaban J connectivity index is 2.22. The van der Waals surface area contributed by atoms with E-state index < -0.39 is 5.97 Å². The summed E-state index contributed by atoms with van der Waals surface area (Å²) in [6, 6.07) is 11.0. The third-order valence-electron chi connectivity index (χ3n) is 3.16. The number of hydrogen-bond donors (Lipinski definition) is 1. The van der Waals surface area contributed by atoms with E-state index in [1.807, 2.05) is 23.6 Å². The molecule has 1 N–H and O–H groups in total. The van der Waals surface area contributed by atoms with Gasteiger partial charge in [0.25, 0.3) is 0 Å². The fourth-order valence-corrected chi connectivity index (χ4v) is 2.58. The predicted octanol–water partition coefficient (Wildman–Crippen LogP) is 3.79. The summed E-state index contributed by atoms with van der Waals surface area (Å²) in [6.45, 7) is 2.03. The number of aryl methyl sites for hydroxylation is 1. The van der Waals surface area contributed by atoms with E-state index in [1.54, 1.807) is 24.5 Å². The summed E-state index contributed by atoms with van der Waals surface area (Å²) in [5.41, 5.74) is 3.91. The molecular formula is C15H11BrN2O2. The highest BCUT2D eigenvalue weighted by Crippen LogP contribution is 2.26. The minimum Gasteiger partial charge on any atom is -0.478 e. The lowest BCUT2D eigenvalue weighted by molar-refractivity contribution is 0.0697. The lowest BCUT2D eigenvalue weighted by Gasteiger charge is -2.08. The van der Waals surface area contributed by atoms with Crippen LogP contribution in [0.1, 0.15) is 15.9 Å². The van der Waals surface area contributed by atoms with Crippen molar-refractivity contribution in [2.45, 2.75) is 6.92 Å². The van der Waals surface area contributed by atoms with Crippen LogP contribution in [0.2, 0.25) is 0 Å². The van der Waals surface area contributed by atoms with Gasteiger partial charge in [0.15, 0.2) is 0 Å². The van der Waals surface area contributed by atoms with Crippen LogP contribution in [0.3, 0.4) is 0 Å². The van der Waals surface area contributed by atoms with Crippen molar-refractivity contribution in [2.24, 2.45) is 0 Å². The number of benzene rings is 2. The van der Waals surface area contributed by atoms with Gasteiger partial charge in [-0.3, -0.25) is 4.57 Å². The summed E-state index contributed by atoms with van der Waals surface area (Å²) in [6.07, 6.45) is 1.70. The topological polar surface area (TPSA) is 55.1 Å². The molecule has 0 aliphatic heterocycles. The molecule has 0 bridgehead atoms. The van der Waals surface area contributed by atoms with E-state index >= 15 is 0 Å². The molecule has 0 amide bonds. The van der Waals surface area contributed by atoms with Gasteiger partial charge in [0, 0.05) is 4.47 Å². The molecule has 2 aromatic carbocycles. The molecule has 5 heteroatoms. The number of carboxylic acid groups (broad SMARTS) is 1. The number of carbonyl (C=O) groups is 1. The number of imidazole rings is 1. The second kappa shape index (κ2) is 4.76. The van der Waals surface area contributed by atoms with E-state index in [0.717, 1.165) is 21.2 Å². The number of nitrogens with zero attached hydrogens (tertiary/aromatic N) is 2. The van der Waals surface area contributed by atoms with Crippen molar-refractivity contribution >= 4 is 32.9 Å².